The number of nitrogens with zero attached hydrogens (tertiary/aromatic N) is 1. The number of hydrogen-bond donors (Lipinski definition) is 1. The smallest absolute Gasteiger partial charge is 0.308 e. The minimum Gasteiger partial charge on any atom is -0.481 e. The molecule has 1 aliphatic heterocycles. The molecular formula is C11H17NO2. The molecule has 3 heteroatoms. The topological polar surface area (TPSA) is 40.5 Å². The fourth-order valence-electron chi connectivity index (χ4n) is 1.91. The highest BCUT2D eigenvalue weighted by molar-refractivity contribution is 5.71. The van der Waals surface area contributed by atoms with Gasteiger partial charge in [0, 0.05) is 26.1 Å². The Kier molecular flexibility index (Phi) is 3.97. The molecule has 1 saturated heterocycles. The Labute approximate surface area is 85.1 Å². The van der Waals surface area contributed by atoms with Crippen molar-refractivity contribution in [3.8, 4) is 11.8 Å². The normalized spacial score (nSPS) is 27.0. The molecule has 2 unspecified atom stereocenters. The minimum absolute atomic E-state index is 0.190. The zero-order valence-electron chi connectivity index (χ0n) is 8.79. The molecule has 0 bridgehead atoms. The Morgan fingerprint density at radius 2 is 2.29 bits per heavy atom. The van der Waals surface area contributed by atoms with Crippen LogP contribution in [0.3, 0.4) is 0 Å². The lowest BCUT2D eigenvalue weighted by Gasteiger charge is -2.12. The van der Waals surface area contributed by atoms with Crippen LogP contribution in [0.15, 0.2) is 0 Å². The molecule has 1 N–H and O–H groups in total. The third-order valence-electron chi connectivity index (χ3n) is 2.73. The summed E-state index contributed by atoms with van der Waals surface area (Å²) in [5.41, 5.74) is 0. The third-order valence-corrected chi connectivity index (χ3v) is 2.73. The number of rotatable bonds is 3. The molecule has 1 fully saturated rings. The standard InChI is InChI=1S/C11H17NO2/c1-3-4-5-6-12-7-9(2)10(8-12)11(13)14/h9-10H,5-8H2,1-2H3,(H,13,14). The first-order valence-electron chi connectivity index (χ1n) is 5.00. The highest BCUT2D eigenvalue weighted by atomic mass is 16.4. The van der Waals surface area contributed by atoms with Gasteiger partial charge in [-0.05, 0) is 12.8 Å². The molecule has 0 aromatic rings. The maximum absolute atomic E-state index is 10.8. The lowest BCUT2D eigenvalue weighted by Crippen LogP contribution is -2.24. The van der Waals surface area contributed by atoms with Gasteiger partial charge in [0.2, 0.25) is 0 Å². The molecule has 0 aromatic heterocycles. The average molecular weight is 195 g/mol. The molecule has 3 nitrogen and oxygen atoms in total. The summed E-state index contributed by atoms with van der Waals surface area (Å²) in [7, 11) is 0. The van der Waals surface area contributed by atoms with E-state index in [2.05, 4.69) is 16.7 Å². The van der Waals surface area contributed by atoms with Crippen molar-refractivity contribution in [3.05, 3.63) is 0 Å². The van der Waals surface area contributed by atoms with Crippen molar-refractivity contribution >= 4 is 5.97 Å². The van der Waals surface area contributed by atoms with Crippen LogP contribution >= 0.6 is 0 Å². The zero-order valence-corrected chi connectivity index (χ0v) is 8.79. The lowest BCUT2D eigenvalue weighted by molar-refractivity contribution is -0.142. The van der Waals surface area contributed by atoms with Gasteiger partial charge in [-0.1, -0.05) is 6.92 Å². The molecular weight excluding hydrogens is 178 g/mol. The van der Waals surface area contributed by atoms with Gasteiger partial charge in [0.15, 0.2) is 0 Å². The summed E-state index contributed by atoms with van der Waals surface area (Å²) in [5, 5.41) is 8.92. The van der Waals surface area contributed by atoms with Crippen molar-refractivity contribution in [1.82, 2.24) is 4.90 Å². The predicted octanol–water partition coefficient (Wildman–Crippen LogP) is 1.05. The van der Waals surface area contributed by atoms with E-state index >= 15 is 0 Å². The van der Waals surface area contributed by atoms with Crippen molar-refractivity contribution in [1.29, 1.82) is 0 Å². The predicted molar refractivity (Wildman–Crippen MR) is 54.8 cm³/mol. The lowest BCUT2D eigenvalue weighted by atomic mass is 9.99. The number of hydrogen-bond acceptors (Lipinski definition) is 2. The zero-order chi connectivity index (χ0) is 10.6. The Hall–Kier alpha value is -1.01. The van der Waals surface area contributed by atoms with Crippen molar-refractivity contribution in [2.45, 2.75) is 20.3 Å². The Morgan fingerprint density at radius 1 is 1.57 bits per heavy atom. The largest absolute Gasteiger partial charge is 0.481 e. The first-order chi connectivity index (χ1) is 6.65. The summed E-state index contributed by atoms with van der Waals surface area (Å²) >= 11 is 0. The van der Waals surface area contributed by atoms with Crippen LogP contribution in [-0.4, -0.2) is 35.6 Å². The van der Waals surface area contributed by atoms with Crippen molar-refractivity contribution in [2.75, 3.05) is 19.6 Å². The average Bonchev–Trinajstić information content (AvgIpc) is 2.47. The van der Waals surface area contributed by atoms with Crippen LogP contribution in [-0.2, 0) is 4.79 Å². The molecule has 1 aliphatic rings. The first kappa shape index (κ1) is 11.1. The molecule has 0 saturated carbocycles. The van der Waals surface area contributed by atoms with E-state index in [1.807, 2.05) is 13.8 Å². The van der Waals surface area contributed by atoms with Gasteiger partial charge in [-0.15, -0.1) is 11.8 Å². The first-order valence-corrected chi connectivity index (χ1v) is 5.00. The van der Waals surface area contributed by atoms with E-state index in [9.17, 15) is 4.79 Å². The van der Waals surface area contributed by atoms with Gasteiger partial charge < -0.3 is 10.0 Å². The van der Waals surface area contributed by atoms with E-state index < -0.39 is 5.97 Å². The van der Waals surface area contributed by atoms with Gasteiger partial charge in [0.25, 0.3) is 0 Å². The number of likely N-dealkylation sites (tertiary alicyclic amines) is 1. The summed E-state index contributed by atoms with van der Waals surface area (Å²) in [6, 6.07) is 0. The number of carboxylic acids is 1. The van der Waals surface area contributed by atoms with Crippen molar-refractivity contribution in [2.24, 2.45) is 11.8 Å². The molecule has 2 atom stereocenters. The van der Waals surface area contributed by atoms with E-state index in [4.69, 9.17) is 5.11 Å². The molecule has 1 heterocycles. The highest BCUT2D eigenvalue weighted by Crippen LogP contribution is 2.22. The highest BCUT2D eigenvalue weighted by Gasteiger charge is 2.33. The van der Waals surface area contributed by atoms with Crippen LogP contribution in [0.25, 0.3) is 0 Å². The molecule has 0 spiro atoms. The van der Waals surface area contributed by atoms with Crippen LogP contribution in [0.5, 0.6) is 0 Å². The summed E-state index contributed by atoms with van der Waals surface area (Å²) < 4.78 is 0. The van der Waals surface area contributed by atoms with Gasteiger partial charge in [-0.25, -0.2) is 0 Å². The summed E-state index contributed by atoms with van der Waals surface area (Å²) in [5.74, 6) is 5.25. The molecule has 0 aliphatic carbocycles. The number of carboxylic acid groups (broad SMARTS) is 1. The number of aliphatic carboxylic acids is 1. The van der Waals surface area contributed by atoms with Crippen LogP contribution in [0.2, 0.25) is 0 Å². The third kappa shape index (κ3) is 2.74. The van der Waals surface area contributed by atoms with E-state index in [-0.39, 0.29) is 11.8 Å². The summed E-state index contributed by atoms with van der Waals surface area (Å²) in [4.78, 5) is 13.0. The maximum Gasteiger partial charge on any atom is 0.308 e. The van der Waals surface area contributed by atoms with E-state index in [0.717, 1.165) is 19.5 Å². The number of carbonyl (C=O) groups is 1. The Morgan fingerprint density at radius 3 is 2.79 bits per heavy atom. The fraction of sp³-hybridized carbons (Fsp3) is 0.727. The molecule has 0 amide bonds. The summed E-state index contributed by atoms with van der Waals surface area (Å²) in [6.45, 7) is 6.30. The van der Waals surface area contributed by atoms with Gasteiger partial charge in [-0.2, -0.15) is 0 Å². The second-order valence-electron chi connectivity index (χ2n) is 3.86. The van der Waals surface area contributed by atoms with E-state index in [1.54, 1.807) is 0 Å². The van der Waals surface area contributed by atoms with Crippen LogP contribution < -0.4 is 0 Å². The maximum atomic E-state index is 10.8. The van der Waals surface area contributed by atoms with Gasteiger partial charge in [-0.3, -0.25) is 4.79 Å². The van der Waals surface area contributed by atoms with Gasteiger partial charge in [0.05, 0.1) is 5.92 Å². The van der Waals surface area contributed by atoms with E-state index in [1.165, 1.54) is 0 Å². The van der Waals surface area contributed by atoms with Crippen LogP contribution in [0, 0.1) is 23.7 Å². The minimum atomic E-state index is -0.665. The Bertz CT molecular complexity index is 264. The van der Waals surface area contributed by atoms with Crippen molar-refractivity contribution in [3.63, 3.8) is 0 Å². The Balaban J connectivity index is 2.37. The monoisotopic (exact) mass is 195 g/mol. The molecule has 1 rings (SSSR count). The molecule has 0 radical (unpaired) electrons. The van der Waals surface area contributed by atoms with E-state index in [0.29, 0.717) is 6.54 Å². The van der Waals surface area contributed by atoms with Crippen LogP contribution in [0.1, 0.15) is 20.3 Å². The molecule has 14 heavy (non-hydrogen) atoms. The fourth-order valence-corrected chi connectivity index (χ4v) is 1.91. The molecule has 0 aromatic carbocycles. The van der Waals surface area contributed by atoms with Crippen LogP contribution in [0.4, 0.5) is 0 Å². The quantitative estimate of drug-likeness (QED) is 0.684. The van der Waals surface area contributed by atoms with Gasteiger partial charge >= 0.3 is 5.97 Å². The van der Waals surface area contributed by atoms with Crippen molar-refractivity contribution < 1.29 is 9.90 Å². The SMILES string of the molecule is CC#CCCN1CC(C)C(C(=O)O)C1. The van der Waals surface area contributed by atoms with Gasteiger partial charge in [0.1, 0.15) is 0 Å². The summed E-state index contributed by atoms with van der Waals surface area (Å²) in [6.07, 6.45) is 0.843. The second-order valence-corrected chi connectivity index (χ2v) is 3.86. The second kappa shape index (κ2) is 5.02. The molecule has 78 valence electrons.